The van der Waals surface area contributed by atoms with Gasteiger partial charge in [-0.3, -0.25) is 4.68 Å². The molecule has 2 aromatic heterocycles. The molecule has 166 valence electrons. The van der Waals surface area contributed by atoms with Gasteiger partial charge in [0.1, 0.15) is 0 Å². The summed E-state index contributed by atoms with van der Waals surface area (Å²) in [5.74, 6) is 0.904. The van der Waals surface area contributed by atoms with Crippen molar-refractivity contribution in [2.24, 2.45) is 4.99 Å². The number of aliphatic imine (C=N–C) groups is 1. The lowest BCUT2D eigenvalue weighted by Crippen LogP contribution is -2.48. The zero-order valence-electron chi connectivity index (χ0n) is 17.9. The van der Waals surface area contributed by atoms with Crippen molar-refractivity contribution in [2.45, 2.75) is 38.9 Å². The van der Waals surface area contributed by atoms with Gasteiger partial charge in [-0.1, -0.05) is 24.3 Å². The molecular formula is C23H31IN6S. The fourth-order valence-corrected chi connectivity index (χ4v) is 4.59. The van der Waals surface area contributed by atoms with E-state index < -0.39 is 0 Å². The van der Waals surface area contributed by atoms with Gasteiger partial charge in [0.2, 0.25) is 0 Å². The average molecular weight is 551 g/mol. The van der Waals surface area contributed by atoms with Crippen molar-refractivity contribution < 1.29 is 0 Å². The maximum absolute atomic E-state index is 4.89. The maximum Gasteiger partial charge on any atom is 0.191 e. The summed E-state index contributed by atoms with van der Waals surface area (Å²) in [5, 5.41) is 14.9. The van der Waals surface area contributed by atoms with E-state index in [2.05, 4.69) is 69.3 Å². The number of rotatable bonds is 7. The lowest BCUT2D eigenvalue weighted by atomic mass is 10.1. The third-order valence-electron chi connectivity index (χ3n) is 5.42. The molecule has 1 aromatic carbocycles. The lowest BCUT2D eigenvalue weighted by Gasteiger charge is -2.33. The minimum absolute atomic E-state index is 0. The van der Waals surface area contributed by atoms with Gasteiger partial charge in [-0.05, 0) is 54.5 Å². The van der Waals surface area contributed by atoms with Crippen LogP contribution in [0.4, 0.5) is 5.00 Å². The standard InChI is InChI=1S/C23H30N6S.HI/c1-2-24-23(27-21-10-14-28(15-11-21)22-9-5-16-30-22)25-17-19-7-3-4-8-20(19)18-29-13-6-12-26-29;/h3-9,12-13,16,21H,2,10-11,14-15,17-18H2,1H3,(H2,24,25,27);1H. The van der Waals surface area contributed by atoms with Crippen molar-refractivity contribution in [1.82, 2.24) is 20.4 Å². The number of thiophene rings is 1. The molecule has 0 radical (unpaired) electrons. The molecular weight excluding hydrogens is 519 g/mol. The Balaban J connectivity index is 0.00000272. The number of hydrogen-bond donors (Lipinski definition) is 2. The third kappa shape index (κ3) is 6.70. The number of nitrogens with zero attached hydrogens (tertiary/aromatic N) is 4. The molecule has 6 nitrogen and oxygen atoms in total. The molecule has 2 N–H and O–H groups in total. The number of hydrogen-bond acceptors (Lipinski definition) is 4. The smallest absolute Gasteiger partial charge is 0.191 e. The van der Waals surface area contributed by atoms with Crippen LogP contribution in [0.25, 0.3) is 0 Å². The van der Waals surface area contributed by atoms with E-state index >= 15 is 0 Å². The molecule has 3 heterocycles. The summed E-state index contributed by atoms with van der Waals surface area (Å²) in [4.78, 5) is 7.37. The highest BCUT2D eigenvalue weighted by molar-refractivity contribution is 14.0. The second-order valence-corrected chi connectivity index (χ2v) is 8.45. The summed E-state index contributed by atoms with van der Waals surface area (Å²) in [6.07, 6.45) is 6.06. The van der Waals surface area contributed by atoms with Crippen molar-refractivity contribution >= 4 is 46.3 Å². The topological polar surface area (TPSA) is 57.5 Å². The maximum atomic E-state index is 4.89. The summed E-state index contributed by atoms with van der Waals surface area (Å²) in [6.45, 7) is 6.57. The zero-order chi connectivity index (χ0) is 20.6. The van der Waals surface area contributed by atoms with Gasteiger partial charge in [-0.2, -0.15) is 5.10 Å². The van der Waals surface area contributed by atoms with Gasteiger partial charge in [0.15, 0.2) is 5.96 Å². The summed E-state index contributed by atoms with van der Waals surface area (Å²) in [6, 6.07) is 15.2. The minimum atomic E-state index is 0. The Morgan fingerprint density at radius 1 is 1.13 bits per heavy atom. The van der Waals surface area contributed by atoms with Gasteiger partial charge in [0.25, 0.3) is 0 Å². The third-order valence-corrected chi connectivity index (χ3v) is 6.34. The second-order valence-electron chi connectivity index (χ2n) is 7.52. The van der Waals surface area contributed by atoms with E-state index in [4.69, 9.17) is 4.99 Å². The molecule has 0 aliphatic carbocycles. The van der Waals surface area contributed by atoms with E-state index in [1.165, 1.54) is 16.1 Å². The predicted molar refractivity (Wildman–Crippen MR) is 141 cm³/mol. The van der Waals surface area contributed by atoms with Crippen LogP contribution in [0.1, 0.15) is 30.9 Å². The Hall–Kier alpha value is -2.07. The number of nitrogens with one attached hydrogen (secondary N) is 2. The summed E-state index contributed by atoms with van der Waals surface area (Å²) in [5.41, 5.74) is 2.49. The molecule has 1 fully saturated rings. The van der Waals surface area contributed by atoms with E-state index in [1.807, 2.05) is 34.5 Å². The van der Waals surface area contributed by atoms with Crippen LogP contribution in [-0.4, -0.2) is 41.4 Å². The van der Waals surface area contributed by atoms with Crippen molar-refractivity contribution in [2.75, 3.05) is 24.5 Å². The van der Waals surface area contributed by atoms with E-state index in [1.54, 1.807) is 0 Å². The quantitative estimate of drug-likeness (QED) is 0.261. The predicted octanol–water partition coefficient (Wildman–Crippen LogP) is 4.34. The van der Waals surface area contributed by atoms with Gasteiger partial charge in [0.05, 0.1) is 18.1 Å². The monoisotopic (exact) mass is 550 g/mol. The molecule has 8 heteroatoms. The molecule has 0 saturated carbocycles. The Kier molecular flexibility index (Phi) is 9.20. The zero-order valence-corrected chi connectivity index (χ0v) is 21.1. The molecule has 1 aliphatic heterocycles. The van der Waals surface area contributed by atoms with Crippen LogP contribution >= 0.6 is 35.3 Å². The number of halogens is 1. The number of aromatic nitrogens is 2. The van der Waals surface area contributed by atoms with E-state index in [-0.39, 0.29) is 24.0 Å². The molecule has 4 rings (SSSR count). The van der Waals surface area contributed by atoms with Crippen LogP contribution in [0.15, 0.2) is 65.2 Å². The van der Waals surface area contributed by atoms with Crippen LogP contribution in [-0.2, 0) is 13.1 Å². The summed E-state index contributed by atoms with van der Waals surface area (Å²) in [7, 11) is 0. The summed E-state index contributed by atoms with van der Waals surface area (Å²) >= 11 is 1.82. The highest BCUT2D eigenvalue weighted by Gasteiger charge is 2.20. The molecule has 1 aliphatic rings. The number of anilines is 1. The first-order valence-corrected chi connectivity index (χ1v) is 11.6. The Morgan fingerprint density at radius 3 is 2.61 bits per heavy atom. The molecule has 0 spiro atoms. The first-order valence-electron chi connectivity index (χ1n) is 10.7. The number of piperidine rings is 1. The average Bonchev–Trinajstić information content (AvgIpc) is 3.48. The van der Waals surface area contributed by atoms with Crippen LogP contribution < -0.4 is 15.5 Å². The fourth-order valence-electron chi connectivity index (χ4n) is 3.81. The van der Waals surface area contributed by atoms with E-state index in [9.17, 15) is 0 Å². The van der Waals surface area contributed by atoms with Gasteiger partial charge >= 0.3 is 0 Å². The molecule has 3 aromatic rings. The molecule has 0 atom stereocenters. The van der Waals surface area contributed by atoms with E-state index in [0.717, 1.165) is 45.0 Å². The van der Waals surface area contributed by atoms with Crippen molar-refractivity contribution in [1.29, 1.82) is 0 Å². The van der Waals surface area contributed by atoms with Crippen LogP contribution in [0.5, 0.6) is 0 Å². The largest absolute Gasteiger partial charge is 0.363 e. The fraction of sp³-hybridized carbons (Fsp3) is 0.391. The Labute approximate surface area is 205 Å². The van der Waals surface area contributed by atoms with E-state index in [0.29, 0.717) is 12.6 Å². The number of benzene rings is 1. The highest BCUT2D eigenvalue weighted by atomic mass is 127. The van der Waals surface area contributed by atoms with Gasteiger partial charge < -0.3 is 15.5 Å². The van der Waals surface area contributed by atoms with Gasteiger partial charge in [-0.25, -0.2) is 4.99 Å². The van der Waals surface area contributed by atoms with Gasteiger partial charge in [-0.15, -0.1) is 35.3 Å². The Bertz CT molecular complexity index is 917. The van der Waals surface area contributed by atoms with Crippen molar-refractivity contribution in [3.05, 3.63) is 71.4 Å². The molecule has 1 saturated heterocycles. The van der Waals surface area contributed by atoms with Crippen LogP contribution in [0, 0.1) is 0 Å². The molecule has 31 heavy (non-hydrogen) atoms. The Morgan fingerprint density at radius 2 is 1.94 bits per heavy atom. The SMILES string of the molecule is CCNC(=NCc1ccccc1Cn1cccn1)NC1CCN(c2cccs2)CC1.I. The van der Waals surface area contributed by atoms with Gasteiger partial charge in [0, 0.05) is 38.1 Å². The van der Waals surface area contributed by atoms with Crippen molar-refractivity contribution in [3.63, 3.8) is 0 Å². The minimum Gasteiger partial charge on any atom is -0.363 e. The lowest BCUT2D eigenvalue weighted by molar-refractivity contribution is 0.463. The van der Waals surface area contributed by atoms with Crippen molar-refractivity contribution in [3.8, 4) is 0 Å². The first-order chi connectivity index (χ1) is 14.8. The summed E-state index contributed by atoms with van der Waals surface area (Å²) < 4.78 is 1.95. The number of guanidine groups is 1. The molecule has 0 unspecified atom stereocenters. The highest BCUT2D eigenvalue weighted by Crippen LogP contribution is 2.24. The second kappa shape index (κ2) is 12.1. The molecule has 0 bridgehead atoms. The normalized spacial score (nSPS) is 14.9. The molecule has 0 amide bonds. The first kappa shape index (κ1) is 23.6. The van der Waals surface area contributed by atoms with Crippen LogP contribution in [0.2, 0.25) is 0 Å². The van der Waals surface area contributed by atoms with Crippen LogP contribution in [0.3, 0.4) is 0 Å².